The second-order valence-corrected chi connectivity index (χ2v) is 2.41. The Balaban J connectivity index is 3.27. The maximum atomic E-state index is 12.0. The van der Waals surface area contributed by atoms with E-state index in [2.05, 4.69) is 17.2 Å². The second-order valence-electron chi connectivity index (χ2n) is 2.02. The van der Waals surface area contributed by atoms with Crippen molar-refractivity contribution in [3.8, 4) is 0 Å². The summed E-state index contributed by atoms with van der Waals surface area (Å²) >= 11 is 4.41. The zero-order valence-corrected chi connectivity index (χ0v) is 6.46. The fourth-order valence-electron chi connectivity index (χ4n) is 0.629. The molecule has 0 aliphatic rings. The third-order valence-electron chi connectivity index (χ3n) is 1.07. The molecule has 0 atom stereocenters. The van der Waals surface area contributed by atoms with Gasteiger partial charge in [0.25, 0.3) is 0 Å². The van der Waals surface area contributed by atoms with Crippen molar-refractivity contribution >= 4 is 18.0 Å². The van der Waals surface area contributed by atoms with Crippen molar-refractivity contribution in [2.24, 2.45) is 0 Å². The van der Waals surface area contributed by atoms with Crippen molar-refractivity contribution < 1.29 is 13.2 Å². The van der Waals surface area contributed by atoms with Gasteiger partial charge in [0.1, 0.15) is 11.5 Å². The van der Waals surface area contributed by atoms with E-state index in [1.807, 2.05) is 4.98 Å². The molecule has 0 saturated heterocycles. The number of nitrogens with one attached hydrogen (secondary N) is 1. The van der Waals surface area contributed by atoms with Gasteiger partial charge >= 0.3 is 6.18 Å². The van der Waals surface area contributed by atoms with Gasteiger partial charge in [0.2, 0.25) is 0 Å². The summed E-state index contributed by atoms with van der Waals surface area (Å²) in [6, 6.07) is 0.690. The summed E-state index contributed by atoms with van der Waals surface area (Å²) < 4.78 is 35.7. The van der Waals surface area contributed by atoms with E-state index in [0.717, 1.165) is 0 Å². The molecular formula is C5H4F3N3S. The molecule has 0 amide bonds. The highest BCUT2D eigenvalue weighted by atomic mass is 32.1. The topological polar surface area (TPSA) is 54.7 Å². The average Bonchev–Trinajstić information content (AvgIpc) is 1.82. The van der Waals surface area contributed by atoms with Gasteiger partial charge in [0, 0.05) is 6.07 Å². The number of alkyl halides is 3. The van der Waals surface area contributed by atoms with Crippen molar-refractivity contribution in [1.82, 2.24) is 9.97 Å². The molecule has 3 N–H and O–H groups in total. The van der Waals surface area contributed by atoms with Gasteiger partial charge in [-0.15, -0.1) is 0 Å². The highest BCUT2D eigenvalue weighted by molar-refractivity contribution is 7.71. The zero-order chi connectivity index (χ0) is 9.35. The van der Waals surface area contributed by atoms with E-state index in [0.29, 0.717) is 6.07 Å². The van der Waals surface area contributed by atoms with Crippen LogP contribution in [0.25, 0.3) is 0 Å². The van der Waals surface area contributed by atoms with Crippen LogP contribution in [0.15, 0.2) is 6.07 Å². The highest BCUT2D eigenvalue weighted by Crippen LogP contribution is 2.27. The summed E-state index contributed by atoms with van der Waals surface area (Å²) in [5.74, 6) is -0.244. The summed E-state index contributed by atoms with van der Waals surface area (Å²) in [5, 5.41) is 0. The molecule has 0 aliphatic carbocycles. The van der Waals surface area contributed by atoms with Gasteiger partial charge in [-0.1, -0.05) is 0 Å². The van der Waals surface area contributed by atoms with E-state index in [4.69, 9.17) is 5.73 Å². The third kappa shape index (κ3) is 1.94. The number of nitrogens with two attached hydrogens (primary N) is 1. The Kier molecular flexibility index (Phi) is 2.05. The lowest BCUT2D eigenvalue weighted by molar-refractivity contribution is -0.141. The normalized spacial score (nSPS) is 11.6. The van der Waals surface area contributed by atoms with Gasteiger partial charge in [-0.25, -0.2) is 4.98 Å². The predicted octanol–water partition coefficient (Wildman–Crippen LogP) is 1.74. The summed E-state index contributed by atoms with van der Waals surface area (Å²) in [4.78, 5) is 5.27. The zero-order valence-electron chi connectivity index (χ0n) is 5.64. The van der Waals surface area contributed by atoms with Gasteiger partial charge < -0.3 is 10.7 Å². The minimum Gasteiger partial charge on any atom is -0.384 e. The molecule has 0 bridgehead atoms. The van der Waals surface area contributed by atoms with Gasteiger partial charge in [-0.3, -0.25) is 0 Å². The lowest BCUT2D eigenvalue weighted by Crippen LogP contribution is -2.09. The van der Waals surface area contributed by atoms with Crippen LogP contribution in [-0.2, 0) is 6.18 Å². The highest BCUT2D eigenvalue weighted by Gasteiger charge is 2.31. The van der Waals surface area contributed by atoms with Crippen LogP contribution < -0.4 is 5.73 Å². The standard InChI is InChI=1S/C5H4F3N3S/c6-5(7,8)2-1-3(9)11-4(12)10-2/h1H,(H3,9,10,11,12). The van der Waals surface area contributed by atoms with Crippen molar-refractivity contribution in [3.05, 3.63) is 16.5 Å². The lowest BCUT2D eigenvalue weighted by Gasteiger charge is -2.05. The molecule has 0 aliphatic heterocycles. The number of rotatable bonds is 0. The number of hydrogen-bond acceptors (Lipinski definition) is 3. The lowest BCUT2D eigenvalue weighted by atomic mass is 10.4. The molecule has 66 valence electrons. The quantitative estimate of drug-likeness (QED) is 0.620. The minimum absolute atomic E-state index is 0.244. The first-order valence-corrected chi connectivity index (χ1v) is 3.24. The summed E-state index contributed by atoms with van der Waals surface area (Å²) in [7, 11) is 0. The van der Waals surface area contributed by atoms with Crippen LogP contribution in [0.1, 0.15) is 5.69 Å². The van der Waals surface area contributed by atoms with Crippen LogP contribution in [0, 0.1) is 4.77 Å². The van der Waals surface area contributed by atoms with Crippen molar-refractivity contribution in [1.29, 1.82) is 0 Å². The van der Waals surface area contributed by atoms with Crippen LogP contribution >= 0.6 is 12.2 Å². The maximum Gasteiger partial charge on any atom is 0.431 e. The van der Waals surface area contributed by atoms with Crippen molar-refractivity contribution in [2.45, 2.75) is 6.18 Å². The molecule has 1 aromatic heterocycles. The van der Waals surface area contributed by atoms with Crippen LogP contribution in [0.4, 0.5) is 19.0 Å². The Morgan fingerprint density at radius 2 is 2.08 bits per heavy atom. The molecule has 0 aromatic carbocycles. The van der Waals surface area contributed by atoms with Crippen LogP contribution in [-0.4, -0.2) is 9.97 Å². The minimum atomic E-state index is -4.47. The molecule has 12 heavy (non-hydrogen) atoms. The van der Waals surface area contributed by atoms with Crippen LogP contribution in [0.3, 0.4) is 0 Å². The van der Waals surface area contributed by atoms with Crippen LogP contribution in [0.2, 0.25) is 0 Å². The number of anilines is 1. The van der Waals surface area contributed by atoms with Gasteiger partial charge in [-0.05, 0) is 12.2 Å². The molecule has 1 rings (SSSR count). The van der Waals surface area contributed by atoms with Crippen LogP contribution in [0.5, 0.6) is 0 Å². The number of hydrogen-bond donors (Lipinski definition) is 2. The number of aromatic amines is 1. The first-order valence-electron chi connectivity index (χ1n) is 2.83. The Morgan fingerprint density at radius 1 is 1.50 bits per heavy atom. The maximum absolute atomic E-state index is 12.0. The molecular weight excluding hydrogens is 191 g/mol. The van der Waals surface area contributed by atoms with Crippen molar-refractivity contribution in [3.63, 3.8) is 0 Å². The molecule has 1 heterocycles. The van der Waals surface area contributed by atoms with E-state index in [1.165, 1.54) is 0 Å². The van der Waals surface area contributed by atoms with E-state index < -0.39 is 11.9 Å². The number of nitrogen functional groups attached to an aromatic ring is 1. The summed E-state index contributed by atoms with van der Waals surface area (Å²) in [5.41, 5.74) is 4.07. The molecule has 0 fully saturated rings. The molecule has 0 spiro atoms. The first-order chi connectivity index (χ1) is 5.39. The average molecular weight is 195 g/mol. The molecule has 0 radical (unpaired) electrons. The Hall–Kier alpha value is -1.11. The SMILES string of the molecule is Nc1cc(C(F)(F)F)[nH]c(=S)n1. The smallest absolute Gasteiger partial charge is 0.384 e. The van der Waals surface area contributed by atoms with Gasteiger partial charge in [0.05, 0.1) is 0 Å². The van der Waals surface area contributed by atoms with E-state index in [1.54, 1.807) is 0 Å². The first kappa shape index (κ1) is 8.98. The molecule has 7 heteroatoms. The monoisotopic (exact) mass is 195 g/mol. The summed E-state index contributed by atoms with van der Waals surface area (Å²) in [6.45, 7) is 0. The Bertz CT molecular complexity index is 343. The predicted molar refractivity (Wildman–Crippen MR) is 38.8 cm³/mol. The molecule has 0 saturated carbocycles. The molecule has 1 aromatic rings. The number of aromatic nitrogens is 2. The summed E-state index contributed by atoms with van der Waals surface area (Å²) in [6.07, 6.45) is -4.47. The van der Waals surface area contributed by atoms with Gasteiger partial charge in [0.15, 0.2) is 4.77 Å². The third-order valence-corrected chi connectivity index (χ3v) is 1.26. The molecule has 0 unspecified atom stereocenters. The number of halogens is 3. The number of H-pyrrole nitrogens is 1. The van der Waals surface area contributed by atoms with Crippen molar-refractivity contribution in [2.75, 3.05) is 5.73 Å². The fourth-order valence-corrected chi connectivity index (χ4v) is 0.845. The fraction of sp³-hybridized carbons (Fsp3) is 0.200. The van der Waals surface area contributed by atoms with E-state index in [-0.39, 0.29) is 10.6 Å². The van der Waals surface area contributed by atoms with E-state index >= 15 is 0 Å². The second kappa shape index (κ2) is 2.74. The largest absolute Gasteiger partial charge is 0.431 e. The molecule has 3 nitrogen and oxygen atoms in total. The Labute approximate surface area is 70.4 Å². The van der Waals surface area contributed by atoms with E-state index in [9.17, 15) is 13.2 Å². The Morgan fingerprint density at radius 3 is 2.50 bits per heavy atom. The van der Waals surface area contributed by atoms with Gasteiger partial charge in [-0.2, -0.15) is 13.2 Å². The number of nitrogens with zero attached hydrogens (tertiary/aromatic N) is 1.